The Morgan fingerprint density at radius 3 is 2.63 bits per heavy atom. The molecule has 1 saturated heterocycles. The standard InChI is InChI=1S/C25H30N4O5S/c1-3-34-23-14-19(6-9-22(23)32-2)21-17-35-25(31)29(27-21)15-18-4-7-20(8-5-18)26-24(30)16-28-10-12-33-13-11-28/h4-9,14H,3,10-13,15-17H2,1-2H3,(H,26,30). The largest absolute Gasteiger partial charge is 0.493 e. The van der Waals surface area contributed by atoms with Gasteiger partial charge in [-0.15, -0.1) is 0 Å². The van der Waals surface area contributed by atoms with Gasteiger partial charge in [0, 0.05) is 30.1 Å². The molecule has 0 atom stereocenters. The fourth-order valence-electron chi connectivity index (χ4n) is 3.81. The summed E-state index contributed by atoms with van der Waals surface area (Å²) in [6, 6.07) is 13.1. The average Bonchev–Trinajstić information content (AvgIpc) is 2.87. The van der Waals surface area contributed by atoms with Crippen molar-refractivity contribution in [3.8, 4) is 11.5 Å². The number of morpholine rings is 1. The fourth-order valence-corrected chi connectivity index (χ4v) is 4.55. The molecule has 2 aliphatic heterocycles. The van der Waals surface area contributed by atoms with Gasteiger partial charge in [-0.2, -0.15) is 5.10 Å². The van der Waals surface area contributed by atoms with Crippen LogP contribution in [-0.4, -0.2) is 79.1 Å². The van der Waals surface area contributed by atoms with Gasteiger partial charge in [0.15, 0.2) is 11.5 Å². The van der Waals surface area contributed by atoms with E-state index in [0.29, 0.717) is 50.2 Å². The van der Waals surface area contributed by atoms with E-state index in [2.05, 4.69) is 15.3 Å². The molecule has 0 radical (unpaired) electrons. The van der Waals surface area contributed by atoms with Gasteiger partial charge in [0.25, 0.3) is 0 Å². The van der Waals surface area contributed by atoms with Gasteiger partial charge in [-0.25, -0.2) is 5.01 Å². The first kappa shape index (κ1) is 25.0. The van der Waals surface area contributed by atoms with E-state index in [0.717, 1.165) is 35.6 Å². The lowest BCUT2D eigenvalue weighted by atomic mass is 10.1. The van der Waals surface area contributed by atoms with Gasteiger partial charge in [0.05, 0.1) is 45.7 Å². The third-order valence-electron chi connectivity index (χ3n) is 5.62. The summed E-state index contributed by atoms with van der Waals surface area (Å²) in [7, 11) is 1.60. The van der Waals surface area contributed by atoms with Crippen molar-refractivity contribution < 1.29 is 23.8 Å². The highest BCUT2D eigenvalue weighted by Crippen LogP contribution is 2.30. The normalized spacial score (nSPS) is 16.6. The van der Waals surface area contributed by atoms with Crippen molar-refractivity contribution in [3.05, 3.63) is 53.6 Å². The SMILES string of the molecule is CCOc1cc(C2=NN(Cc3ccc(NC(=O)CN4CCOCC4)cc3)C(=O)SC2)ccc1OC. The van der Waals surface area contributed by atoms with Crippen molar-refractivity contribution in [3.63, 3.8) is 0 Å². The Morgan fingerprint density at radius 1 is 1.14 bits per heavy atom. The van der Waals surface area contributed by atoms with Crippen molar-refractivity contribution >= 4 is 34.3 Å². The Morgan fingerprint density at radius 2 is 1.91 bits per heavy atom. The van der Waals surface area contributed by atoms with Crippen LogP contribution in [0.2, 0.25) is 0 Å². The molecule has 0 spiro atoms. The summed E-state index contributed by atoms with van der Waals surface area (Å²) < 4.78 is 16.4. The van der Waals surface area contributed by atoms with E-state index in [4.69, 9.17) is 14.2 Å². The number of carbonyl (C=O) groups is 2. The van der Waals surface area contributed by atoms with E-state index in [1.165, 1.54) is 16.8 Å². The number of carbonyl (C=O) groups excluding carboxylic acids is 2. The van der Waals surface area contributed by atoms with Gasteiger partial charge in [-0.1, -0.05) is 23.9 Å². The summed E-state index contributed by atoms with van der Waals surface area (Å²) in [5, 5.41) is 8.92. The second-order valence-electron chi connectivity index (χ2n) is 8.09. The van der Waals surface area contributed by atoms with E-state index in [-0.39, 0.29) is 11.1 Å². The Balaban J connectivity index is 1.39. The van der Waals surface area contributed by atoms with Crippen LogP contribution in [0.1, 0.15) is 18.1 Å². The van der Waals surface area contributed by atoms with Crippen LogP contribution in [0.4, 0.5) is 10.5 Å². The number of amides is 2. The quantitative estimate of drug-likeness (QED) is 0.566. The van der Waals surface area contributed by atoms with Crippen molar-refractivity contribution in [2.75, 3.05) is 57.6 Å². The lowest BCUT2D eigenvalue weighted by Crippen LogP contribution is -2.41. The van der Waals surface area contributed by atoms with Crippen LogP contribution in [-0.2, 0) is 16.1 Å². The fraction of sp³-hybridized carbons (Fsp3) is 0.400. The molecule has 0 bridgehead atoms. The molecule has 4 rings (SSSR count). The molecule has 1 N–H and O–H groups in total. The number of nitrogens with one attached hydrogen (secondary N) is 1. The minimum Gasteiger partial charge on any atom is -0.493 e. The molecule has 2 aromatic carbocycles. The number of ether oxygens (including phenoxy) is 3. The minimum absolute atomic E-state index is 0.0533. The van der Waals surface area contributed by atoms with Crippen molar-refractivity contribution in [1.82, 2.24) is 9.91 Å². The lowest BCUT2D eigenvalue weighted by molar-refractivity contribution is -0.118. The molecule has 10 heteroatoms. The van der Waals surface area contributed by atoms with Crippen LogP contribution in [0.3, 0.4) is 0 Å². The van der Waals surface area contributed by atoms with E-state index in [9.17, 15) is 9.59 Å². The summed E-state index contributed by atoms with van der Waals surface area (Å²) in [5.74, 6) is 1.74. The molecule has 0 unspecified atom stereocenters. The van der Waals surface area contributed by atoms with Crippen LogP contribution in [0, 0.1) is 0 Å². The number of thioether (sulfide) groups is 1. The predicted octanol–water partition coefficient (Wildman–Crippen LogP) is 3.44. The number of hydrogen-bond acceptors (Lipinski definition) is 8. The maximum Gasteiger partial charge on any atom is 0.302 e. The molecule has 0 aromatic heterocycles. The summed E-state index contributed by atoms with van der Waals surface area (Å²) in [5.41, 5.74) is 3.32. The maximum atomic E-state index is 12.5. The average molecular weight is 499 g/mol. The molecular formula is C25H30N4O5S. The molecule has 2 amide bonds. The zero-order chi connectivity index (χ0) is 24.6. The predicted molar refractivity (Wildman–Crippen MR) is 136 cm³/mol. The molecule has 9 nitrogen and oxygen atoms in total. The van der Waals surface area contributed by atoms with Gasteiger partial charge in [0.2, 0.25) is 5.91 Å². The second-order valence-corrected chi connectivity index (χ2v) is 9.02. The molecule has 186 valence electrons. The number of hydrazone groups is 1. The summed E-state index contributed by atoms with van der Waals surface area (Å²) >= 11 is 1.22. The van der Waals surface area contributed by atoms with E-state index in [1.807, 2.05) is 49.4 Å². The third-order valence-corrected chi connectivity index (χ3v) is 6.50. The van der Waals surface area contributed by atoms with E-state index >= 15 is 0 Å². The van der Waals surface area contributed by atoms with Crippen LogP contribution < -0.4 is 14.8 Å². The number of benzene rings is 2. The molecule has 35 heavy (non-hydrogen) atoms. The molecule has 0 saturated carbocycles. The number of hydrogen-bond donors (Lipinski definition) is 1. The van der Waals surface area contributed by atoms with Gasteiger partial charge >= 0.3 is 5.24 Å². The third kappa shape index (κ3) is 6.74. The zero-order valence-electron chi connectivity index (χ0n) is 20.0. The summed E-state index contributed by atoms with van der Waals surface area (Å²) in [4.78, 5) is 26.9. The van der Waals surface area contributed by atoms with E-state index < -0.39 is 0 Å². The second kappa shape index (κ2) is 12.1. The molecule has 2 aromatic rings. The molecule has 2 aliphatic rings. The zero-order valence-corrected chi connectivity index (χ0v) is 20.8. The van der Waals surface area contributed by atoms with Crippen LogP contribution in [0.25, 0.3) is 0 Å². The van der Waals surface area contributed by atoms with Gasteiger partial charge in [0.1, 0.15) is 0 Å². The summed E-state index contributed by atoms with van der Waals surface area (Å²) in [6.45, 7) is 5.97. The van der Waals surface area contributed by atoms with Crippen molar-refractivity contribution in [1.29, 1.82) is 0 Å². The van der Waals surface area contributed by atoms with Crippen LogP contribution in [0.15, 0.2) is 47.6 Å². The smallest absolute Gasteiger partial charge is 0.302 e. The lowest BCUT2D eigenvalue weighted by Gasteiger charge is -2.25. The van der Waals surface area contributed by atoms with Gasteiger partial charge in [-0.3, -0.25) is 14.5 Å². The van der Waals surface area contributed by atoms with Crippen LogP contribution >= 0.6 is 11.8 Å². The first-order valence-corrected chi connectivity index (χ1v) is 12.6. The van der Waals surface area contributed by atoms with Gasteiger partial charge in [-0.05, 0) is 42.8 Å². The van der Waals surface area contributed by atoms with Crippen molar-refractivity contribution in [2.24, 2.45) is 5.10 Å². The van der Waals surface area contributed by atoms with Gasteiger partial charge < -0.3 is 19.5 Å². The number of methoxy groups -OCH3 is 1. The van der Waals surface area contributed by atoms with Crippen LogP contribution in [0.5, 0.6) is 11.5 Å². The highest BCUT2D eigenvalue weighted by Gasteiger charge is 2.23. The first-order chi connectivity index (χ1) is 17.1. The number of nitrogens with zero attached hydrogens (tertiary/aromatic N) is 3. The minimum atomic E-state index is -0.102. The van der Waals surface area contributed by atoms with E-state index in [1.54, 1.807) is 7.11 Å². The Hall–Kier alpha value is -3.08. The first-order valence-electron chi connectivity index (χ1n) is 11.6. The molecular weight excluding hydrogens is 468 g/mol. The molecule has 2 heterocycles. The summed E-state index contributed by atoms with van der Waals surface area (Å²) in [6.07, 6.45) is 0. The van der Waals surface area contributed by atoms with Crippen molar-refractivity contribution in [2.45, 2.75) is 13.5 Å². The topological polar surface area (TPSA) is 92.7 Å². The highest BCUT2D eigenvalue weighted by atomic mass is 32.2. The highest BCUT2D eigenvalue weighted by molar-refractivity contribution is 8.14. The Bertz CT molecular complexity index is 1070. The maximum absolute atomic E-state index is 12.5. The Labute approximate surface area is 209 Å². The number of rotatable bonds is 9. The molecule has 0 aliphatic carbocycles. The molecule has 1 fully saturated rings. The Kier molecular flexibility index (Phi) is 8.62. The monoisotopic (exact) mass is 498 g/mol. The number of anilines is 1.